The molecule has 1 unspecified atom stereocenters. The molecule has 0 saturated heterocycles. The summed E-state index contributed by atoms with van der Waals surface area (Å²) in [5.74, 6) is -0.0673. The van der Waals surface area contributed by atoms with Gasteiger partial charge in [-0.3, -0.25) is 13.8 Å². The second kappa shape index (κ2) is 4.79. The third kappa shape index (κ3) is 2.79. The number of anilines is 1. The molecule has 4 nitrogen and oxygen atoms in total. The van der Waals surface area contributed by atoms with Gasteiger partial charge in [0.2, 0.25) is 5.91 Å². The smallest absolute Gasteiger partial charge is 0.224 e. The number of carbonyl (C=O) groups excluding carboxylic acids is 2. The van der Waals surface area contributed by atoms with Crippen LogP contribution in [-0.4, -0.2) is 27.9 Å². The fraction of sp³-hybridized carbons (Fsp3) is 0.333. The molecule has 0 fully saturated rings. The Morgan fingerprint density at radius 2 is 2.18 bits per heavy atom. The van der Waals surface area contributed by atoms with E-state index in [9.17, 15) is 13.8 Å². The molecule has 1 aliphatic heterocycles. The Morgan fingerprint density at radius 1 is 1.41 bits per heavy atom. The average molecular weight is 251 g/mol. The normalized spacial score (nSPS) is 15.9. The van der Waals surface area contributed by atoms with Crippen molar-refractivity contribution in [3.8, 4) is 0 Å². The van der Waals surface area contributed by atoms with Crippen molar-refractivity contribution < 1.29 is 13.8 Å². The molecule has 1 aliphatic rings. The maximum absolute atomic E-state index is 11.7. The van der Waals surface area contributed by atoms with Gasteiger partial charge in [0.25, 0.3) is 0 Å². The van der Waals surface area contributed by atoms with Gasteiger partial charge in [0.05, 0.1) is 5.75 Å². The maximum Gasteiger partial charge on any atom is 0.224 e. The maximum atomic E-state index is 11.7. The number of hydrogen-bond acceptors (Lipinski definition) is 3. The molecule has 1 atom stereocenters. The van der Waals surface area contributed by atoms with E-state index in [4.69, 9.17) is 0 Å². The highest BCUT2D eigenvalue weighted by Crippen LogP contribution is 2.23. The van der Waals surface area contributed by atoms with Gasteiger partial charge in [0.15, 0.2) is 5.78 Å². The summed E-state index contributed by atoms with van der Waals surface area (Å²) in [6, 6.07) is 5.18. The molecule has 17 heavy (non-hydrogen) atoms. The van der Waals surface area contributed by atoms with Crippen molar-refractivity contribution >= 4 is 28.2 Å². The number of rotatable bonds is 3. The van der Waals surface area contributed by atoms with E-state index in [1.165, 1.54) is 6.26 Å². The number of carbonyl (C=O) groups is 2. The summed E-state index contributed by atoms with van der Waals surface area (Å²) < 4.78 is 11.0. The predicted octanol–water partition coefficient (Wildman–Crippen LogP) is 1.13. The summed E-state index contributed by atoms with van der Waals surface area (Å²) in [7, 11) is -1.12. The highest BCUT2D eigenvalue weighted by molar-refractivity contribution is 7.85. The topological polar surface area (TPSA) is 63.2 Å². The van der Waals surface area contributed by atoms with Crippen LogP contribution < -0.4 is 5.32 Å². The van der Waals surface area contributed by atoms with E-state index < -0.39 is 10.8 Å². The van der Waals surface area contributed by atoms with Crippen molar-refractivity contribution in [2.24, 2.45) is 0 Å². The zero-order chi connectivity index (χ0) is 12.4. The lowest BCUT2D eigenvalue weighted by Gasteiger charge is -2.17. The van der Waals surface area contributed by atoms with Crippen LogP contribution in [0.3, 0.4) is 0 Å². The van der Waals surface area contributed by atoms with E-state index in [0.29, 0.717) is 18.4 Å². The SMILES string of the molecule is CS(=O)CC(=O)c1ccc2c(c1)CCC(=O)N2. The van der Waals surface area contributed by atoms with E-state index in [2.05, 4.69) is 5.32 Å². The predicted molar refractivity (Wildman–Crippen MR) is 66.7 cm³/mol. The molecule has 0 aliphatic carbocycles. The van der Waals surface area contributed by atoms with Gasteiger partial charge < -0.3 is 5.32 Å². The molecular formula is C12H13NO3S. The number of hydrogen-bond donors (Lipinski definition) is 1. The summed E-state index contributed by atoms with van der Waals surface area (Å²) in [6.07, 6.45) is 2.61. The number of nitrogens with one attached hydrogen (secondary N) is 1. The summed E-state index contributed by atoms with van der Waals surface area (Å²) >= 11 is 0. The molecule has 0 bridgehead atoms. The van der Waals surface area contributed by atoms with Crippen LogP contribution in [0.2, 0.25) is 0 Å². The first-order valence-corrected chi connectivity index (χ1v) is 7.05. The zero-order valence-electron chi connectivity index (χ0n) is 9.49. The molecule has 0 radical (unpaired) electrons. The minimum absolute atomic E-state index is 0.00578. The first-order chi connectivity index (χ1) is 8.06. The Hall–Kier alpha value is -1.49. The molecule has 1 amide bonds. The molecule has 2 rings (SSSR count). The summed E-state index contributed by atoms with van der Waals surface area (Å²) in [6.45, 7) is 0. The lowest BCUT2D eigenvalue weighted by molar-refractivity contribution is -0.116. The van der Waals surface area contributed by atoms with E-state index in [1.807, 2.05) is 0 Å². The van der Waals surface area contributed by atoms with Crippen LogP contribution in [-0.2, 0) is 22.0 Å². The van der Waals surface area contributed by atoms with E-state index in [0.717, 1.165) is 11.3 Å². The van der Waals surface area contributed by atoms with Crippen molar-refractivity contribution in [3.63, 3.8) is 0 Å². The van der Waals surface area contributed by atoms with E-state index >= 15 is 0 Å². The fourth-order valence-electron chi connectivity index (χ4n) is 1.82. The molecule has 0 saturated carbocycles. The third-order valence-electron chi connectivity index (χ3n) is 2.66. The summed E-state index contributed by atoms with van der Waals surface area (Å²) in [5, 5.41) is 2.76. The van der Waals surface area contributed by atoms with Gasteiger partial charge in [0, 0.05) is 34.7 Å². The largest absolute Gasteiger partial charge is 0.326 e. The number of amides is 1. The first kappa shape index (κ1) is 12.0. The molecular weight excluding hydrogens is 238 g/mol. The van der Waals surface area contributed by atoms with Crippen LogP contribution in [0.5, 0.6) is 0 Å². The molecule has 1 aromatic carbocycles. The monoisotopic (exact) mass is 251 g/mol. The quantitative estimate of drug-likeness (QED) is 0.819. The Kier molecular flexibility index (Phi) is 3.38. The molecule has 0 aromatic heterocycles. The van der Waals surface area contributed by atoms with Crippen LogP contribution in [0.25, 0.3) is 0 Å². The fourth-order valence-corrected chi connectivity index (χ4v) is 2.36. The molecule has 90 valence electrons. The number of ketones is 1. The molecule has 0 spiro atoms. The molecule has 1 heterocycles. The van der Waals surface area contributed by atoms with Crippen LogP contribution in [0, 0.1) is 0 Å². The summed E-state index contributed by atoms with van der Waals surface area (Å²) in [5.41, 5.74) is 2.31. The average Bonchev–Trinajstić information content (AvgIpc) is 2.27. The minimum atomic E-state index is -1.12. The minimum Gasteiger partial charge on any atom is -0.326 e. The lowest BCUT2D eigenvalue weighted by atomic mass is 9.99. The number of aryl methyl sites for hydroxylation is 1. The molecule has 5 heteroatoms. The lowest BCUT2D eigenvalue weighted by Crippen LogP contribution is -2.19. The second-order valence-corrected chi connectivity index (χ2v) is 5.50. The zero-order valence-corrected chi connectivity index (χ0v) is 10.3. The van der Waals surface area contributed by atoms with Gasteiger partial charge in [-0.15, -0.1) is 0 Å². The molecule has 1 N–H and O–H groups in total. The van der Waals surface area contributed by atoms with Gasteiger partial charge in [-0.1, -0.05) is 0 Å². The van der Waals surface area contributed by atoms with Crippen molar-refractivity contribution in [1.82, 2.24) is 0 Å². The van der Waals surface area contributed by atoms with E-state index in [-0.39, 0.29) is 17.4 Å². The number of Topliss-reactive ketones (excluding diaryl/α,β-unsaturated/α-hetero) is 1. The van der Waals surface area contributed by atoms with Gasteiger partial charge >= 0.3 is 0 Å². The Morgan fingerprint density at radius 3 is 2.88 bits per heavy atom. The van der Waals surface area contributed by atoms with Gasteiger partial charge in [-0.2, -0.15) is 0 Å². The van der Waals surface area contributed by atoms with Crippen molar-refractivity contribution in [2.75, 3.05) is 17.3 Å². The Bertz CT molecular complexity index is 510. The third-order valence-corrected chi connectivity index (χ3v) is 3.33. The first-order valence-electron chi connectivity index (χ1n) is 5.32. The van der Waals surface area contributed by atoms with Crippen molar-refractivity contribution in [3.05, 3.63) is 29.3 Å². The van der Waals surface area contributed by atoms with Crippen molar-refractivity contribution in [1.29, 1.82) is 0 Å². The highest BCUT2D eigenvalue weighted by atomic mass is 32.2. The highest BCUT2D eigenvalue weighted by Gasteiger charge is 2.16. The number of benzene rings is 1. The standard InChI is InChI=1S/C12H13NO3S/c1-17(16)7-11(14)9-2-4-10-8(6-9)3-5-12(15)13-10/h2,4,6H,3,5,7H2,1H3,(H,13,15). The van der Waals surface area contributed by atoms with Gasteiger partial charge in [-0.05, 0) is 30.2 Å². The van der Waals surface area contributed by atoms with Crippen LogP contribution in [0.15, 0.2) is 18.2 Å². The van der Waals surface area contributed by atoms with Crippen LogP contribution >= 0.6 is 0 Å². The Labute approximate surface area is 102 Å². The number of fused-ring (bicyclic) bond motifs is 1. The molecule has 1 aromatic rings. The van der Waals surface area contributed by atoms with Crippen molar-refractivity contribution in [2.45, 2.75) is 12.8 Å². The van der Waals surface area contributed by atoms with Gasteiger partial charge in [-0.25, -0.2) is 0 Å². The Balaban J connectivity index is 2.25. The van der Waals surface area contributed by atoms with Crippen LogP contribution in [0.1, 0.15) is 22.3 Å². The van der Waals surface area contributed by atoms with Crippen LogP contribution in [0.4, 0.5) is 5.69 Å². The second-order valence-electron chi connectivity index (χ2n) is 4.06. The summed E-state index contributed by atoms with van der Waals surface area (Å²) in [4.78, 5) is 22.9. The van der Waals surface area contributed by atoms with Gasteiger partial charge in [0.1, 0.15) is 0 Å². The van der Waals surface area contributed by atoms with E-state index in [1.54, 1.807) is 18.2 Å².